The van der Waals surface area contributed by atoms with Crippen LogP contribution in [-0.2, 0) is 10.2 Å². The Morgan fingerprint density at radius 3 is 2.49 bits per heavy atom. The summed E-state index contributed by atoms with van der Waals surface area (Å²) in [6.07, 6.45) is 8.24. The molecule has 13 heteroatoms. The topological polar surface area (TPSA) is 133 Å². The summed E-state index contributed by atoms with van der Waals surface area (Å²) in [4.78, 5) is 29.7. The average Bonchev–Trinajstić information content (AvgIpc) is 3.38. The highest BCUT2D eigenvalue weighted by molar-refractivity contribution is 7.90. The Kier molecular flexibility index (Phi) is 7.38. The van der Waals surface area contributed by atoms with Crippen molar-refractivity contribution in [2.24, 2.45) is 0 Å². The van der Waals surface area contributed by atoms with E-state index in [2.05, 4.69) is 30.0 Å². The third kappa shape index (κ3) is 5.24. The average molecular weight is 556 g/mol. The maximum Gasteiger partial charge on any atom is 0.301 e. The summed E-state index contributed by atoms with van der Waals surface area (Å²) in [5, 5.41) is 3.66. The molecule has 3 aromatic heterocycles. The molecular weight excluding hydrogens is 528 g/mol. The number of aromatic amines is 1. The van der Waals surface area contributed by atoms with Crippen LogP contribution >= 0.6 is 0 Å². The normalized spacial score (nSPS) is 14.7. The van der Waals surface area contributed by atoms with Gasteiger partial charge < -0.3 is 10.3 Å². The van der Waals surface area contributed by atoms with Crippen LogP contribution in [0.25, 0.3) is 22.2 Å². The number of anilines is 1. The van der Waals surface area contributed by atoms with Gasteiger partial charge in [-0.05, 0) is 44.1 Å². The smallest absolute Gasteiger partial charge is 0.301 e. The van der Waals surface area contributed by atoms with Gasteiger partial charge in [-0.1, -0.05) is 6.92 Å². The highest BCUT2D eigenvalue weighted by atomic mass is 32.2. The molecule has 1 aliphatic rings. The van der Waals surface area contributed by atoms with E-state index in [9.17, 15) is 17.6 Å². The van der Waals surface area contributed by atoms with Gasteiger partial charge in [0.25, 0.3) is 0 Å². The number of H-pyrrole nitrogens is 1. The number of hydrogen-bond acceptors (Lipinski definition) is 7. The first-order chi connectivity index (χ1) is 18.7. The maximum atomic E-state index is 15.4. The van der Waals surface area contributed by atoms with Gasteiger partial charge in [0.1, 0.15) is 17.3 Å². The largest absolute Gasteiger partial charge is 0.345 e. The summed E-state index contributed by atoms with van der Waals surface area (Å²) in [7, 11) is -2.79. The highest BCUT2D eigenvalue weighted by Gasteiger charge is 2.27. The molecule has 0 spiro atoms. The number of nitrogens with one attached hydrogen (secondary N) is 3. The molecule has 1 fully saturated rings. The zero-order valence-electron chi connectivity index (χ0n) is 21.3. The number of ketones is 1. The fourth-order valence-electron chi connectivity index (χ4n) is 4.49. The molecule has 1 aromatic carbocycles. The SMILES string of the molecule is CCN(C)S(=O)(=O)Nc1ccc(F)c(C(=O)c2c[nH]c3ncc(-c4cnc(C5CCNCC5)nc4)cc23)c1F. The number of fused-ring (bicyclic) bond motifs is 1. The van der Waals surface area contributed by atoms with Crippen molar-refractivity contribution in [2.45, 2.75) is 25.7 Å². The van der Waals surface area contributed by atoms with Crippen LogP contribution in [0, 0.1) is 11.6 Å². The Balaban J connectivity index is 1.48. The molecule has 4 heterocycles. The van der Waals surface area contributed by atoms with E-state index in [1.807, 2.05) is 0 Å². The molecule has 10 nitrogen and oxygen atoms in total. The predicted molar refractivity (Wildman–Crippen MR) is 143 cm³/mol. The molecule has 39 heavy (non-hydrogen) atoms. The summed E-state index contributed by atoms with van der Waals surface area (Å²) in [6, 6.07) is 3.46. The number of pyridine rings is 1. The van der Waals surface area contributed by atoms with Gasteiger partial charge in [-0.3, -0.25) is 9.52 Å². The van der Waals surface area contributed by atoms with Crippen LogP contribution in [0.3, 0.4) is 0 Å². The quantitative estimate of drug-likeness (QED) is 0.283. The summed E-state index contributed by atoms with van der Waals surface area (Å²) in [5.41, 5.74) is 0.209. The van der Waals surface area contributed by atoms with E-state index in [4.69, 9.17) is 0 Å². The molecule has 0 amide bonds. The third-order valence-corrected chi connectivity index (χ3v) is 8.45. The minimum Gasteiger partial charge on any atom is -0.345 e. The number of benzene rings is 1. The molecule has 3 N–H and O–H groups in total. The van der Waals surface area contributed by atoms with Crippen molar-refractivity contribution >= 4 is 32.7 Å². The van der Waals surface area contributed by atoms with E-state index in [0.29, 0.717) is 28.1 Å². The van der Waals surface area contributed by atoms with Crippen molar-refractivity contribution in [3.8, 4) is 11.1 Å². The summed E-state index contributed by atoms with van der Waals surface area (Å²) in [5.74, 6) is -2.32. The van der Waals surface area contributed by atoms with E-state index in [0.717, 1.165) is 48.2 Å². The molecule has 0 radical (unpaired) electrons. The molecule has 4 aromatic rings. The van der Waals surface area contributed by atoms with E-state index in [1.54, 1.807) is 31.6 Å². The highest BCUT2D eigenvalue weighted by Crippen LogP contribution is 2.30. The maximum absolute atomic E-state index is 15.4. The molecule has 0 unspecified atom stereocenters. The molecule has 0 atom stereocenters. The molecule has 0 aliphatic carbocycles. The van der Waals surface area contributed by atoms with Gasteiger partial charge in [0.2, 0.25) is 5.78 Å². The van der Waals surface area contributed by atoms with Gasteiger partial charge in [0.15, 0.2) is 5.82 Å². The monoisotopic (exact) mass is 555 g/mol. The first-order valence-electron chi connectivity index (χ1n) is 12.5. The number of aromatic nitrogens is 4. The van der Waals surface area contributed by atoms with Crippen molar-refractivity contribution in [3.63, 3.8) is 0 Å². The second-order valence-corrected chi connectivity index (χ2v) is 11.1. The zero-order valence-corrected chi connectivity index (χ0v) is 22.1. The Morgan fingerprint density at radius 2 is 1.79 bits per heavy atom. The minimum atomic E-state index is -4.10. The van der Waals surface area contributed by atoms with Crippen LogP contribution < -0.4 is 10.0 Å². The van der Waals surface area contributed by atoms with Crippen molar-refractivity contribution in [3.05, 3.63) is 71.6 Å². The fraction of sp³-hybridized carbons (Fsp3) is 0.308. The van der Waals surface area contributed by atoms with Crippen LogP contribution in [0.2, 0.25) is 0 Å². The number of carbonyl (C=O) groups is 1. The van der Waals surface area contributed by atoms with Crippen LogP contribution in [0.4, 0.5) is 14.5 Å². The molecule has 0 saturated carbocycles. The van der Waals surface area contributed by atoms with Gasteiger partial charge in [-0.2, -0.15) is 12.7 Å². The first-order valence-corrected chi connectivity index (χ1v) is 13.9. The number of carbonyl (C=O) groups excluding carboxylic acids is 1. The van der Waals surface area contributed by atoms with Crippen LogP contribution in [0.1, 0.15) is 47.4 Å². The van der Waals surface area contributed by atoms with E-state index < -0.39 is 38.9 Å². The number of piperidine rings is 1. The molecule has 5 rings (SSSR count). The van der Waals surface area contributed by atoms with E-state index in [1.165, 1.54) is 13.2 Å². The van der Waals surface area contributed by atoms with Gasteiger partial charge in [0.05, 0.1) is 11.3 Å². The Hall–Kier alpha value is -3.81. The minimum absolute atomic E-state index is 0.0184. The molecule has 0 bridgehead atoms. The Bertz CT molecular complexity index is 1640. The van der Waals surface area contributed by atoms with Gasteiger partial charge in [-0.15, -0.1) is 0 Å². The van der Waals surface area contributed by atoms with Crippen molar-refractivity contribution in [1.29, 1.82) is 0 Å². The third-order valence-electron chi connectivity index (χ3n) is 6.90. The van der Waals surface area contributed by atoms with Crippen LogP contribution in [0.5, 0.6) is 0 Å². The second-order valence-electron chi connectivity index (χ2n) is 9.31. The summed E-state index contributed by atoms with van der Waals surface area (Å²) >= 11 is 0. The van der Waals surface area contributed by atoms with Crippen molar-refractivity contribution < 1.29 is 22.0 Å². The summed E-state index contributed by atoms with van der Waals surface area (Å²) < 4.78 is 57.9. The Labute approximate surface area is 224 Å². The van der Waals surface area contributed by atoms with E-state index >= 15 is 4.39 Å². The number of nitrogens with zero attached hydrogens (tertiary/aromatic N) is 4. The summed E-state index contributed by atoms with van der Waals surface area (Å²) in [6.45, 7) is 3.57. The molecular formula is C26H27F2N7O3S. The molecule has 1 aliphatic heterocycles. The van der Waals surface area contributed by atoms with Crippen LogP contribution in [-0.4, -0.2) is 65.1 Å². The van der Waals surface area contributed by atoms with Crippen molar-refractivity contribution in [2.75, 3.05) is 31.4 Å². The van der Waals surface area contributed by atoms with Crippen LogP contribution in [0.15, 0.2) is 43.0 Å². The fourth-order valence-corrected chi connectivity index (χ4v) is 5.42. The Morgan fingerprint density at radius 1 is 1.10 bits per heavy atom. The number of halogens is 2. The second kappa shape index (κ2) is 10.8. The number of hydrogen-bond donors (Lipinski definition) is 3. The zero-order chi connectivity index (χ0) is 27.7. The van der Waals surface area contributed by atoms with Gasteiger partial charge in [0, 0.05) is 66.4 Å². The molecule has 204 valence electrons. The lowest BCUT2D eigenvalue weighted by molar-refractivity contribution is 0.103. The predicted octanol–water partition coefficient (Wildman–Crippen LogP) is 3.60. The van der Waals surface area contributed by atoms with Crippen molar-refractivity contribution in [1.82, 2.24) is 29.6 Å². The first kappa shape index (κ1) is 26.8. The van der Waals surface area contributed by atoms with Gasteiger partial charge >= 0.3 is 10.2 Å². The standard InChI is InChI=1S/C26H27F2N7O3S/c1-3-35(2)39(37,38)34-21-5-4-20(27)22(23(21)28)24(36)19-14-33-26-18(19)10-16(11-32-26)17-12-30-25(31-13-17)15-6-8-29-9-7-15/h4-5,10-15,29,34H,3,6-9H2,1-2H3,(H,32,33). The number of rotatable bonds is 8. The lowest BCUT2D eigenvalue weighted by Gasteiger charge is -2.21. The lowest BCUT2D eigenvalue weighted by atomic mass is 9.97. The molecule has 1 saturated heterocycles. The van der Waals surface area contributed by atoms with E-state index in [-0.39, 0.29) is 12.1 Å². The lowest BCUT2D eigenvalue weighted by Crippen LogP contribution is -2.32. The van der Waals surface area contributed by atoms with Gasteiger partial charge in [-0.25, -0.2) is 23.7 Å².